The van der Waals surface area contributed by atoms with E-state index in [9.17, 15) is 8.42 Å². The Hall–Kier alpha value is -6.43. The molecule has 5 heteroatoms. The summed E-state index contributed by atoms with van der Waals surface area (Å²) in [6, 6.07) is 54.5. The van der Waals surface area contributed by atoms with Crippen molar-refractivity contribution < 1.29 is 8.42 Å². The molecule has 9 rings (SSSR count). The van der Waals surface area contributed by atoms with Gasteiger partial charge in [-0.1, -0.05) is 97.1 Å². The zero-order valence-corrected chi connectivity index (χ0v) is 29.7. The largest absolute Gasteiger partial charge is 0.264 e. The lowest BCUT2D eigenvalue weighted by atomic mass is 9.88. The molecular formula is C48H34N2O2S. The predicted molar refractivity (Wildman–Crippen MR) is 216 cm³/mol. The molecule has 254 valence electrons. The van der Waals surface area contributed by atoms with E-state index in [0.717, 1.165) is 89.0 Å². The molecule has 0 saturated heterocycles. The number of nitrogens with zero attached hydrogens (tertiary/aromatic N) is 2. The van der Waals surface area contributed by atoms with E-state index in [1.54, 1.807) is 12.4 Å². The monoisotopic (exact) mass is 702 g/mol. The van der Waals surface area contributed by atoms with E-state index in [1.807, 2.05) is 48.8 Å². The number of pyridine rings is 2. The van der Waals surface area contributed by atoms with Crippen molar-refractivity contribution in [1.29, 1.82) is 0 Å². The molecule has 0 atom stereocenters. The Bertz CT molecular complexity index is 2600. The Kier molecular flexibility index (Phi) is 8.34. The van der Waals surface area contributed by atoms with Gasteiger partial charge in [-0.15, -0.1) is 0 Å². The summed E-state index contributed by atoms with van der Waals surface area (Å²) in [6.07, 6.45) is 7.31. The fourth-order valence-corrected chi connectivity index (χ4v) is 8.94. The summed E-state index contributed by atoms with van der Waals surface area (Å²) in [5.41, 5.74) is 16.2. The van der Waals surface area contributed by atoms with Crippen LogP contribution in [-0.4, -0.2) is 18.4 Å². The topological polar surface area (TPSA) is 59.9 Å². The molecule has 2 aromatic heterocycles. The van der Waals surface area contributed by atoms with Crippen LogP contribution < -0.4 is 0 Å². The van der Waals surface area contributed by atoms with Crippen molar-refractivity contribution in [2.45, 2.75) is 11.5 Å². The summed E-state index contributed by atoms with van der Waals surface area (Å²) in [6.45, 7) is 0. The van der Waals surface area contributed by atoms with Crippen molar-refractivity contribution in [3.05, 3.63) is 194 Å². The van der Waals surface area contributed by atoms with Crippen LogP contribution in [0.1, 0.15) is 11.1 Å². The van der Waals surface area contributed by atoms with E-state index >= 15 is 0 Å². The Balaban J connectivity index is 1.18. The number of aromatic nitrogens is 2. The molecule has 0 amide bonds. The van der Waals surface area contributed by atoms with Crippen molar-refractivity contribution in [3.63, 3.8) is 0 Å². The van der Waals surface area contributed by atoms with Crippen LogP contribution in [0, 0.1) is 0 Å². The van der Waals surface area contributed by atoms with E-state index in [4.69, 9.17) is 0 Å². The van der Waals surface area contributed by atoms with E-state index in [2.05, 4.69) is 131 Å². The van der Waals surface area contributed by atoms with E-state index in [-0.39, 0.29) is 11.5 Å². The zero-order chi connectivity index (χ0) is 35.8. The molecule has 0 saturated carbocycles. The number of rotatable bonds is 6. The van der Waals surface area contributed by atoms with Crippen LogP contribution in [0.3, 0.4) is 0 Å². The summed E-state index contributed by atoms with van der Waals surface area (Å²) in [4.78, 5) is 8.75. The van der Waals surface area contributed by atoms with E-state index in [0.29, 0.717) is 0 Å². The summed E-state index contributed by atoms with van der Waals surface area (Å²) < 4.78 is 27.3. The van der Waals surface area contributed by atoms with Crippen molar-refractivity contribution in [3.8, 4) is 77.9 Å². The molecule has 0 radical (unpaired) electrons. The molecule has 0 aliphatic carbocycles. The second-order valence-electron chi connectivity index (χ2n) is 13.6. The maximum atomic E-state index is 13.7. The van der Waals surface area contributed by atoms with Gasteiger partial charge in [-0.2, -0.15) is 0 Å². The van der Waals surface area contributed by atoms with Gasteiger partial charge in [0.1, 0.15) is 0 Å². The van der Waals surface area contributed by atoms with Crippen LogP contribution in [0.25, 0.3) is 77.9 Å². The van der Waals surface area contributed by atoms with Crippen molar-refractivity contribution in [2.24, 2.45) is 0 Å². The summed E-state index contributed by atoms with van der Waals surface area (Å²) in [5, 5.41) is 0. The average Bonchev–Trinajstić information content (AvgIpc) is 3.33. The standard InChI is InChI=1S/C48H34N2O2S/c51-53(52)31-39-16-15-36(43-25-44(37-13-7-19-49-29-37)27-45(26-43)38-14-8-20-50-30-38)28-48(39)47-18-17-35(21-46(47)32-53)42-23-40(33-9-3-1-4-10-33)22-41(24-42)34-11-5-2-6-12-34/h1-30H,31-32H2. The quantitative estimate of drug-likeness (QED) is 0.173. The zero-order valence-electron chi connectivity index (χ0n) is 28.9. The van der Waals surface area contributed by atoms with Crippen molar-refractivity contribution >= 4 is 9.84 Å². The van der Waals surface area contributed by atoms with Crippen LogP contribution in [0.5, 0.6) is 0 Å². The number of hydrogen-bond acceptors (Lipinski definition) is 4. The molecule has 8 aromatic rings. The van der Waals surface area contributed by atoms with Gasteiger partial charge >= 0.3 is 0 Å². The predicted octanol–water partition coefficient (Wildman–Crippen LogP) is 11.6. The first kappa shape index (κ1) is 32.5. The van der Waals surface area contributed by atoms with Gasteiger partial charge in [0.2, 0.25) is 0 Å². The van der Waals surface area contributed by atoms with Crippen LogP contribution >= 0.6 is 0 Å². The first-order valence-corrected chi connectivity index (χ1v) is 19.5. The van der Waals surface area contributed by atoms with Gasteiger partial charge in [0.25, 0.3) is 0 Å². The highest BCUT2D eigenvalue weighted by atomic mass is 32.2. The maximum Gasteiger partial charge on any atom is 0.158 e. The minimum atomic E-state index is -3.42. The lowest BCUT2D eigenvalue weighted by Gasteiger charge is -2.15. The van der Waals surface area contributed by atoms with Crippen LogP contribution in [0.2, 0.25) is 0 Å². The van der Waals surface area contributed by atoms with Gasteiger partial charge in [-0.05, 0) is 139 Å². The van der Waals surface area contributed by atoms with Gasteiger partial charge in [0.15, 0.2) is 9.84 Å². The molecule has 1 aliphatic heterocycles. The molecule has 0 bridgehead atoms. The van der Waals surface area contributed by atoms with Gasteiger partial charge in [-0.3, -0.25) is 9.97 Å². The first-order chi connectivity index (χ1) is 26.0. The Morgan fingerprint density at radius 2 is 0.774 bits per heavy atom. The van der Waals surface area contributed by atoms with Crippen molar-refractivity contribution in [2.75, 3.05) is 0 Å². The Labute approximate surface area is 310 Å². The molecule has 0 spiro atoms. The molecule has 0 fully saturated rings. The normalized spacial score (nSPS) is 13.1. The van der Waals surface area contributed by atoms with Crippen LogP contribution in [-0.2, 0) is 21.3 Å². The fraction of sp³-hybridized carbons (Fsp3) is 0.0417. The first-order valence-electron chi connectivity index (χ1n) is 17.7. The van der Waals surface area contributed by atoms with Crippen LogP contribution in [0.15, 0.2) is 183 Å². The second-order valence-corrected chi connectivity index (χ2v) is 15.7. The average molecular weight is 703 g/mol. The van der Waals surface area contributed by atoms with Crippen molar-refractivity contribution in [1.82, 2.24) is 9.97 Å². The van der Waals surface area contributed by atoms with Gasteiger partial charge in [0.05, 0.1) is 11.5 Å². The highest BCUT2D eigenvalue weighted by Gasteiger charge is 2.25. The molecule has 6 aromatic carbocycles. The number of benzene rings is 6. The minimum absolute atomic E-state index is 0.00899. The molecule has 0 N–H and O–H groups in total. The highest BCUT2D eigenvalue weighted by molar-refractivity contribution is 7.89. The molecular weight excluding hydrogens is 669 g/mol. The SMILES string of the molecule is O=S1(=O)Cc2cc(-c3cc(-c4ccccc4)cc(-c4ccccc4)c3)ccc2-c2cc(-c3cc(-c4cccnc4)cc(-c4cccnc4)c3)ccc2C1. The van der Waals surface area contributed by atoms with E-state index < -0.39 is 9.84 Å². The third kappa shape index (κ3) is 6.71. The van der Waals surface area contributed by atoms with E-state index in [1.165, 1.54) is 0 Å². The fourth-order valence-electron chi connectivity index (χ4n) is 7.40. The van der Waals surface area contributed by atoms with Gasteiger partial charge in [-0.25, -0.2) is 8.42 Å². The molecule has 1 aliphatic rings. The summed E-state index contributed by atoms with van der Waals surface area (Å²) >= 11 is 0. The Morgan fingerprint density at radius 1 is 0.340 bits per heavy atom. The summed E-state index contributed by atoms with van der Waals surface area (Å²) in [5.74, 6) is -0.0311. The Morgan fingerprint density at radius 3 is 1.28 bits per heavy atom. The van der Waals surface area contributed by atoms with Gasteiger partial charge in [0, 0.05) is 35.9 Å². The molecule has 0 unspecified atom stereocenters. The summed E-state index contributed by atoms with van der Waals surface area (Å²) in [7, 11) is -3.42. The smallest absolute Gasteiger partial charge is 0.158 e. The third-order valence-electron chi connectivity index (χ3n) is 9.99. The number of hydrogen-bond donors (Lipinski definition) is 0. The minimum Gasteiger partial charge on any atom is -0.264 e. The molecule has 4 nitrogen and oxygen atoms in total. The highest BCUT2D eigenvalue weighted by Crippen LogP contribution is 2.41. The number of fused-ring (bicyclic) bond motifs is 3. The second kappa shape index (κ2) is 13.6. The number of sulfone groups is 1. The lowest BCUT2D eigenvalue weighted by Crippen LogP contribution is -2.05. The molecule has 53 heavy (non-hydrogen) atoms. The van der Waals surface area contributed by atoms with Gasteiger partial charge < -0.3 is 0 Å². The maximum absolute atomic E-state index is 13.7. The lowest BCUT2D eigenvalue weighted by molar-refractivity contribution is 0.595. The third-order valence-corrected chi connectivity index (χ3v) is 11.5. The molecule has 3 heterocycles. The van der Waals surface area contributed by atoms with Crippen LogP contribution in [0.4, 0.5) is 0 Å².